The van der Waals surface area contributed by atoms with E-state index in [9.17, 15) is 9.59 Å². The lowest BCUT2D eigenvalue weighted by Gasteiger charge is -2.36. The van der Waals surface area contributed by atoms with E-state index < -0.39 is 0 Å². The molecular weight excluding hydrogens is 444 g/mol. The number of fused-ring (bicyclic) bond motifs is 3. The number of Topliss-reactive ketones (excluding diaryl/α,β-unsaturated/α-hetero) is 1. The molecule has 2 saturated heterocycles. The van der Waals surface area contributed by atoms with Crippen molar-refractivity contribution in [1.29, 1.82) is 0 Å². The molecule has 3 aliphatic heterocycles. The highest BCUT2D eigenvalue weighted by molar-refractivity contribution is 6.14. The number of piperidine rings is 1. The van der Waals surface area contributed by atoms with Gasteiger partial charge in [0.2, 0.25) is 0 Å². The fourth-order valence-electron chi connectivity index (χ4n) is 5.73. The zero-order valence-electron chi connectivity index (χ0n) is 20.7. The van der Waals surface area contributed by atoms with E-state index >= 15 is 0 Å². The van der Waals surface area contributed by atoms with E-state index in [-0.39, 0.29) is 12.1 Å². The summed E-state index contributed by atoms with van der Waals surface area (Å²) in [5, 5.41) is 9.07. The third-order valence-corrected chi connectivity index (χ3v) is 7.41. The van der Waals surface area contributed by atoms with Gasteiger partial charge in [0.1, 0.15) is 5.78 Å². The number of carbonyl (C=O) groups excluding carboxylic acids is 2. The molecule has 3 atom stereocenters. The van der Waals surface area contributed by atoms with E-state index in [1.807, 2.05) is 19.1 Å². The number of hydrogen-bond donors (Lipinski definition) is 1. The van der Waals surface area contributed by atoms with Crippen LogP contribution in [0.25, 0.3) is 0 Å². The summed E-state index contributed by atoms with van der Waals surface area (Å²) in [6.07, 6.45) is 4.04. The highest BCUT2D eigenvalue weighted by atomic mass is 16.5. The van der Waals surface area contributed by atoms with Gasteiger partial charge in [0.15, 0.2) is 11.5 Å². The van der Waals surface area contributed by atoms with Gasteiger partial charge in [0.05, 0.1) is 26.0 Å². The van der Waals surface area contributed by atoms with Crippen molar-refractivity contribution in [2.24, 2.45) is 5.10 Å². The second-order valence-corrected chi connectivity index (χ2v) is 9.55. The molecule has 3 aliphatic rings. The number of benzene rings is 2. The lowest BCUT2D eigenvalue weighted by molar-refractivity contribution is -0.120. The SMILES string of the molecule is CNC(=O)N1N=C(c2ccc(N3[C@@H]4CC[C@H]3CC(=O)C4)cc2)c2cc(OC)c(OC)cc2CC1C. The number of urea groups is 1. The number of hydrogen-bond acceptors (Lipinski definition) is 6. The summed E-state index contributed by atoms with van der Waals surface area (Å²) in [5.74, 6) is 1.64. The van der Waals surface area contributed by atoms with Gasteiger partial charge in [0.25, 0.3) is 0 Å². The number of carbonyl (C=O) groups is 2. The van der Waals surface area contributed by atoms with E-state index in [1.54, 1.807) is 21.3 Å². The Labute approximate surface area is 205 Å². The van der Waals surface area contributed by atoms with Gasteiger partial charge in [-0.25, -0.2) is 9.80 Å². The highest BCUT2D eigenvalue weighted by Crippen LogP contribution is 2.39. The molecule has 2 aromatic rings. The molecule has 0 aliphatic carbocycles. The van der Waals surface area contributed by atoms with Gasteiger partial charge in [-0.15, -0.1) is 0 Å². The quantitative estimate of drug-likeness (QED) is 0.727. The summed E-state index contributed by atoms with van der Waals surface area (Å²) >= 11 is 0. The summed E-state index contributed by atoms with van der Waals surface area (Å²) in [7, 11) is 4.85. The van der Waals surface area contributed by atoms with Crippen LogP contribution in [0.1, 0.15) is 49.3 Å². The number of rotatable bonds is 4. The number of hydrazone groups is 1. The first-order valence-corrected chi connectivity index (χ1v) is 12.2. The Morgan fingerprint density at radius 3 is 2.23 bits per heavy atom. The normalized spacial score (nSPS) is 23.4. The molecule has 5 rings (SSSR count). The van der Waals surface area contributed by atoms with Gasteiger partial charge in [-0.1, -0.05) is 12.1 Å². The van der Waals surface area contributed by atoms with Crippen LogP contribution >= 0.6 is 0 Å². The van der Waals surface area contributed by atoms with Crippen LogP contribution in [0.15, 0.2) is 41.5 Å². The van der Waals surface area contributed by atoms with Gasteiger partial charge in [0, 0.05) is 48.8 Å². The maximum Gasteiger partial charge on any atom is 0.337 e. The molecule has 1 N–H and O–H groups in total. The topological polar surface area (TPSA) is 83.5 Å². The van der Waals surface area contributed by atoms with Crippen molar-refractivity contribution in [3.63, 3.8) is 0 Å². The van der Waals surface area contributed by atoms with E-state index in [1.165, 1.54) is 5.01 Å². The van der Waals surface area contributed by atoms with E-state index in [4.69, 9.17) is 14.6 Å². The van der Waals surface area contributed by atoms with Gasteiger partial charge in [-0.05, 0) is 56.0 Å². The number of anilines is 1. The predicted octanol–water partition coefficient (Wildman–Crippen LogP) is 3.74. The van der Waals surface area contributed by atoms with Crippen molar-refractivity contribution >= 4 is 23.2 Å². The Kier molecular flexibility index (Phi) is 6.13. The molecule has 0 saturated carbocycles. The molecule has 8 heteroatoms. The molecule has 2 aromatic carbocycles. The van der Waals surface area contributed by atoms with Gasteiger partial charge >= 0.3 is 6.03 Å². The molecule has 0 aromatic heterocycles. The average Bonchev–Trinajstić information content (AvgIpc) is 3.05. The molecule has 2 fully saturated rings. The fraction of sp³-hybridized carbons (Fsp3) is 0.444. The molecule has 0 spiro atoms. The minimum absolute atomic E-state index is 0.148. The zero-order valence-corrected chi connectivity index (χ0v) is 20.7. The maximum absolute atomic E-state index is 12.7. The maximum atomic E-state index is 12.7. The van der Waals surface area contributed by atoms with E-state index in [2.05, 4.69) is 34.5 Å². The van der Waals surface area contributed by atoms with Crippen molar-refractivity contribution in [3.05, 3.63) is 53.1 Å². The Bertz CT molecular complexity index is 1160. The monoisotopic (exact) mass is 476 g/mol. The first-order valence-electron chi connectivity index (χ1n) is 12.2. The molecule has 2 bridgehead atoms. The molecule has 0 radical (unpaired) electrons. The summed E-state index contributed by atoms with van der Waals surface area (Å²) in [4.78, 5) is 27.2. The van der Waals surface area contributed by atoms with E-state index in [0.717, 1.165) is 35.2 Å². The van der Waals surface area contributed by atoms with Crippen molar-refractivity contribution in [1.82, 2.24) is 10.3 Å². The number of ketones is 1. The largest absolute Gasteiger partial charge is 0.493 e. The van der Waals surface area contributed by atoms with Crippen LogP contribution in [-0.4, -0.2) is 61.9 Å². The Morgan fingerprint density at radius 2 is 1.63 bits per heavy atom. The van der Waals surface area contributed by atoms with Crippen molar-refractivity contribution in [3.8, 4) is 11.5 Å². The van der Waals surface area contributed by atoms with Gasteiger partial charge < -0.3 is 19.7 Å². The summed E-state index contributed by atoms with van der Waals surface area (Å²) in [6, 6.07) is 12.4. The Hall–Kier alpha value is -3.55. The van der Waals surface area contributed by atoms with Crippen LogP contribution in [0.3, 0.4) is 0 Å². The van der Waals surface area contributed by atoms with Crippen LogP contribution in [0.4, 0.5) is 10.5 Å². The summed E-state index contributed by atoms with van der Waals surface area (Å²) < 4.78 is 11.1. The smallest absolute Gasteiger partial charge is 0.337 e. The number of ether oxygens (including phenoxy) is 2. The Morgan fingerprint density at radius 1 is 1.00 bits per heavy atom. The minimum atomic E-state index is -0.257. The third kappa shape index (κ3) is 4.11. The average molecular weight is 477 g/mol. The molecule has 3 heterocycles. The number of nitrogens with one attached hydrogen (secondary N) is 1. The number of amides is 2. The van der Waals surface area contributed by atoms with Crippen LogP contribution in [0.5, 0.6) is 11.5 Å². The van der Waals surface area contributed by atoms with Crippen molar-refractivity contribution in [2.75, 3.05) is 26.2 Å². The Balaban J connectivity index is 1.57. The van der Waals surface area contributed by atoms with Crippen molar-refractivity contribution in [2.45, 2.75) is 57.2 Å². The zero-order chi connectivity index (χ0) is 24.7. The minimum Gasteiger partial charge on any atom is -0.493 e. The molecule has 1 unspecified atom stereocenters. The second kappa shape index (κ2) is 9.24. The lowest BCUT2D eigenvalue weighted by Crippen LogP contribution is -2.43. The van der Waals surface area contributed by atoms with Crippen LogP contribution < -0.4 is 19.7 Å². The molecule has 184 valence electrons. The van der Waals surface area contributed by atoms with Gasteiger partial charge in [-0.2, -0.15) is 5.10 Å². The third-order valence-electron chi connectivity index (χ3n) is 7.41. The first-order chi connectivity index (χ1) is 16.9. The van der Waals surface area contributed by atoms with Crippen LogP contribution in [0.2, 0.25) is 0 Å². The second-order valence-electron chi connectivity index (χ2n) is 9.55. The standard InChI is InChI=1S/C27H32N4O4/c1-16-11-18-12-24(34-3)25(35-4)15-23(18)26(29-31(16)27(33)28-2)17-5-7-19(8-6-17)30-20-9-10-21(30)14-22(32)13-20/h5-8,12,15-16,20-21H,9-11,13-14H2,1-4H3,(H,28,33)/t16?,20-,21+. The number of nitrogens with zero attached hydrogens (tertiary/aromatic N) is 3. The predicted molar refractivity (Wildman–Crippen MR) is 135 cm³/mol. The van der Waals surface area contributed by atoms with Crippen molar-refractivity contribution < 1.29 is 19.1 Å². The molecular formula is C27H32N4O4. The van der Waals surface area contributed by atoms with E-state index in [0.29, 0.717) is 54.3 Å². The highest BCUT2D eigenvalue weighted by Gasteiger charge is 2.40. The van der Waals surface area contributed by atoms with Crippen LogP contribution in [0, 0.1) is 0 Å². The summed E-state index contributed by atoms with van der Waals surface area (Å²) in [5.41, 5.74) is 4.70. The number of methoxy groups -OCH3 is 2. The fourth-order valence-corrected chi connectivity index (χ4v) is 5.73. The molecule has 2 amide bonds. The molecule has 35 heavy (non-hydrogen) atoms. The first kappa shape index (κ1) is 23.2. The molecule has 8 nitrogen and oxygen atoms in total. The van der Waals surface area contributed by atoms with Gasteiger partial charge in [-0.3, -0.25) is 4.79 Å². The lowest BCUT2D eigenvalue weighted by atomic mass is 9.93. The van der Waals surface area contributed by atoms with Crippen LogP contribution in [-0.2, 0) is 11.2 Å². The summed E-state index contributed by atoms with van der Waals surface area (Å²) in [6.45, 7) is 1.98.